The molecular weight excluding hydrogens is 526 g/mol. The van der Waals surface area contributed by atoms with Gasteiger partial charge in [-0.1, -0.05) is 84.0 Å². The maximum Gasteiger partial charge on any atom is 0.305 e. The monoisotopic (exact) mass is 573 g/mol. The number of hydrogen-bond acceptors (Lipinski definition) is 4. The summed E-state index contributed by atoms with van der Waals surface area (Å²) in [6, 6.07) is 17.0. The third-order valence-electron chi connectivity index (χ3n) is 8.91. The first-order valence-electron chi connectivity index (χ1n) is 15.3. The first kappa shape index (κ1) is 31.5. The molecule has 7 nitrogen and oxygen atoms in total. The zero-order valence-corrected chi connectivity index (χ0v) is 26.1. The second-order valence-corrected chi connectivity index (χ2v) is 14.3. The number of amides is 2. The summed E-state index contributed by atoms with van der Waals surface area (Å²) in [7, 11) is 0. The third kappa shape index (κ3) is 7.29. The quantitative estimate of drug-likeness (QED) is 0.337. The van der Waals surface area contributed by atoms with Gasteiger partial charge in [-0.3, -0.25) is 19.4 Å². The minimum absolute atomic E-state index is 0.0233. The number of hydrogen-bond donors (Lipinski definition) is 2. The molecule has 2 aromatic carbocycles. The molecule has 0 saturated heterocycles. The molecule has 4 rings (SSSR count). The Balaban J connectivity index is 1.70. The maximum absolute atomic E-state index is 14.4. The van der Waals surface area contributed by atoms with Crippen molar-refractivity contribution in [3.63, 3.8) is 0 Å². The fourth-order valence-electron chi connectivity index (χ4n) is 6.38. The zero-order valence-electron chi connectivity index (χ0n) is 26.1. The molecule has 0 bridgehead atoms. The molecule has 1 saturated carbocycles. The number of carboxylic acid groups (broad SMARTS) is 1. The SMILES string of the molecule is CC(C)(C)CC[C@H](c1ccc(C(=O)NCCC(=O)O)cc1)N1C(=O)C(c2ccccc2)=NC12CCC(C(C)(C)C)CC2. The van der Waals surface area contributed by atoms with Gasteiger partial charge in [0.15, 0.2) is 0 Å². The summed E-state index contributed by atoms with van der Waals surface area (Å²) in [5.41, 5.74) is 2.52. The van der Waals surface area contributed by atoms with Crippen molar-refractivity contribution in [1.82, 2.24) is 10.2 Å². The number of benzene rings is 2. The number of aliphatic imine (C=N–C) groups is 1. The Hall–Kier alpha value is -3.48. The lowest BCUT2D eigenvalue weighted by Crippen LogP contribution is -2.51. The van der Waals surface area contributed by atoms with Crippen LogP contribution in [0, 0.1) is 16.7 Å². The molecule has 42 heavy (non-hydrogen) atoms. The summed E-state index contributed by atoms with van der Waals surface area (Å²) in [5.74, 6) is -0.712. The van der Waals surface area contributed by atoms with Gasteiger partial charge in [0.1, 0.15) is 11.4 Å². The van der Waals surface area contributed by atoms with Crippen LogP contribution in [-0.4, -0.2) is 45.7 Å². The van der Waals surface area contributed by atoms with Crippen LogP contribution in [0.2, 0.25) is 0 Å². The molecule has 1 atom stereocenters. The second kappa shape index (κ2) is 12.4. The average molecular weight is 574 g/mol. The molecular formula is C35H47N3O4. The fourth-order valence-corrected chi connectivity index (χ4v) is 6.38. The van der Waals surface area contributed by atoms with Crippen LogP contribution in [0.15, 0.2) is 59.6 Å². The van der Waals surface area contributed by atoms with E-state index in [1.807, 2.05) is 42.5 Å². The normalized spacial score (nSPS) is 21.8. The van der Waals surface area contributed by atoms with Crippen LogP contribution in [-0.2, 0) is 9.59 Å². The number of nitrogens with zero attached hydrogens (tertiary/aromatic N) is 2. The number of aliphatic carboxylic acids is 1. The molecule has 226 valence electrons. The van der Waals surface area contributed by atoms with E-state index in [0.29, 0.717) is 17.2 Å². The average Bonchev–Trinajstić information content (AvgIpc) is 3.20. The first-order valence-corrected chi connectivity index (χ1v) is 15.3. The molecule has 1 fully saturated rings. The third-order valence-corrected chi connectivity index (χ3v) is 8.91. The smallest absolute Gasteiger partial charge is 0.305 e. The van der Waals surface area contributed by atoms with Gasteiger partial charge in [0.05, 0.1) is 12.5 Å². The summed E-state index contributed by atoms with van der Waals surface area (Å²) in [4.78, 5) is 45.3. The van der Waals surface area contributed by atoms with Gasteiger partial charge >= 0.3 is 5.97 Å². The number of carbonyl (C=O) groups is 3. The number of rotatable bonds is 9. The van der Waals surface area contributed by atoms with Crippen molar-refractivity contribution in [2.75, 3.05) is 6.54 Å². The molecule has 0 radical (unpaired) electrons. The number of carboxylic acids is 1. The lowest BCUT2D eigenvalue weighted by atomic mass is 9.69. The Labute approximate surface area is 250 Å². The van der Waals surface area contributed by atoms with Crippen LogP contribution in [0.5, 0.6) is 0 Å². The largest absolute Gasteiger partial charge is 0.481 e. The second-order valence-electron chi connectivity index (χ2n) is 14.3. The van der Waals surface area contributed by atoms with E-state index in [-0.39, 0.29) is 41.7 Å². The van der Waals surface area contributed by atoms with Crippen LogP contribution in [0.1, 0.15) is 114 Å². The topological polar surface area (TPSA) is 99.1 Å². The van der Waals surface area contributed by atoms with Gasteiger partial charge in [0.2, 0.25) is 0 Å². The highest BCUT2D eigenvalue weighted by atomic mass is 16.4. The Morgan fingerprint density at radius 1 is 1.00 bits per heavy atom. The lowest BCUT2D eigenvalue weighted by molar-refractivity contribution is -0.137. The first-order chi connectivity index (χ1) is 19.7. The number of carbonyl (C=O) groups excluding carboxylic acids is 2. The van der Waals surface area contributed by atoms with Gasteiger partial charge in [-0.25, -0.2) is 0 Å². The van der Waals surface area contributed by atoms with Crippen molar-refractivity contribution in [1.29, 1.82) is 0 Å². The standard InChI is InChI=1S/C35H47N3O4/c1-33(2,3)20-18-28(24-12-14-26(15-13-24)31(41)36-23-19-29(39)40)38-32(42)30(25-10-8-7-9-11-25)37-35(38)21-16-27(17-22-35)34(4,5)6/h7-15,27-28H,16-23H2,1-6H3,(H,36,41)(H,39,40)/t27?,28-,35?/m1/s1. The Morgan fingerprint density at radius 2 is 1.62 bits per heavy atom. The van der Waals surface area contributed by atoms with E-state index < -0.39 is 11.6 Å². The Bertz CT molecular complexity index is 1290. The predicted octanol–water partition coefficient (Wildman–Crippen LogP) is 7.02. The van der Waals surface area contributed by atoms with Gasteiger partial charge in [0, 0.05) is 17.7 Å². The van der Waals surface area contributed by atoms with Gasteiger partial charge in [-0.2, -0.15) is 0 Å². The maximum atomic E-state index is 14.4. The molecule has 0 aromatic heterocycles. The van der Waals surface area contributed by atoms with E-state index in [1.54, 1.807) is 12.1 Å². The molecule has 2 aliphatic rings. The highest BCUT2D eigenvalue weighted by Crippen LogP contribution is 2.50. The summed E-state index contributed by atoms with van der Waals surface area (Å²) >= 11 is 0. The molecule has 7 heteroatoms. The lowest BCUT2D eigenvalue weighted by Gasteiger charge is -2.47. The van der Waals surface area contributed by atoms with E-state index in [9.17, 15) is 14.4 Å². The molecule has 2 N–H and O–H groups in total. The van der Waals surface area contributed by atoms with Crippen LogP contribution in [0.3, 0.4) is 0 Å². The molecule has 1 heterocycles. The van der Waals surface area contributed by atoms with Crippen LogP contribution in [0.4, 0.5) is 0 Å². The van der Waals surface area contributed by atoms with Crippen molar-refractivity contribution >= 4 is 23.5 Å². The van der Waals surface area contributed by atoms with Gasteiger partial charge in [-0.15, -0.1) is 0 Å². The van der Waals surface area contributed by atoms with Crippen LogP contribution in [0.25, 0.3) is 0 Å². The predicted molar refractivity (Wildman–Crippen MR) is 166 cm³/mol. The summed E-state index contributed by atoms with van der Waals surface area (Å²) in [6.45, 7) is 13.6. The van der Waals surface area contributed by atoms with E-state index in [4.69, 9.17) is 10.1 Å². The van der Waals surface area contributed by atoms with Crippen LogP contribution >= 0.6 is 0 Å². The summed E-state index contributed by atoms with van der Waals surface area (Å²) in [5, 5.41) is 11.6. The summed E-state index contributed by atoms with van der Waals surface area (Å²) in [6.07, 6.45) is 5.25. The fraction of sp³-hybridized carbons (Fsp3) is 0.543. The van der Waals surface area contributed by atoms with Crippen molar-refractivity contribution in [3.05, 3.63) is 71.3 Å². The van der Waals surface area contributed by atoms with Crippen molar-refractivity contribution in [2.24, 2.45) is 21.7 Å². The van der Waals surface area contributed by atoms with Gasteiger partial charge in [0.25, 0.3) is 11.8 Å². The highest BCUT2D eigenvalue weighted by Gasteiger charge is 2.52. The van der Waals surface area contributed by atoms with Crippen LogP contribution < -0.4 is 5.32 Å². The zero-order chi connectivity index (χ0) is 30.7. The molecule has 1 aliphatic carbocycles. The van der Waals surface area contributed by atoms with E-state index in [0.717, 1.165) is 49.7 Å². The van der Waals surface area contributed by atoms with Gasteiger partial charge in [-0.05, 0) is 73.0 Å². The Morgan fingerprint density at radius 3 is 2.17 bits per heavy atom. The van der Waals surface area contributed by atoms with E-state index >= 15 is 0 Å². The Kier molecular flexibility index (Phi) is 9.29. The van der Waals surface area contributed by atoms with Crippen molar-refractivity contribution < 1.29 is 19.5 Å². The van der Waals surface area contributed by atoms with Crippen molar-refractivity contribution in [3.8, 4) is 0 Å². The van der Waals surface area contributed by atoms with E-state index in [1.165, 1.54) is 0 Å². The molecule has 2 aromatic rings. The molecule has 1 spiro atoms. The molecule has 1 aliphatic heterocycles. The number of nitrogens with one attached hydrogen (secondary N) is 1. The van der Waals surface area contributed by atoms with Crippen molar-refractivity contribution in [2.45, 2.75) is 98.2 Å². The van der Waals surface area contributed by atoms with E-state index in [2.05, 4.69) is 51.8 Å². The summed E-state index contributed by atoms with van der Waals surface area (Å²) < 4.78 is 0. The molecule has 0 unspecified atom stereocenters. The van der Waals surface area contributed by atoms with Gasteiger partial charge < -0.3 is 15.3 Å². The molecule has 2 amide bonds. The highest BCUT2D eigenvalue weighted by molar-refractivity contribution is 6.46. The minimum Gasteiger partial charge on any atom is -0.481 e. The minimum atomic E-state index is -0.954.